The second-order valence-corrected chi connectivity index (χ2v) is 11.5. The summed E-state index contributed by atoms with van der Waals surface area (Å²) in [5.74, 6) is -0.0331. The van der Waals surface area contributed by atoms with E-state index in [-0.39, 0.29) is 11.9 Å². The SMILES string of the molecule is COc1ccc([C@@H]2Sc3ccccc3N(CC(C)N(C)CCc3cccc(Cl)c3Cl)C(=O)[C@@H]2OC(C)=O)cc1. The molecule has 4 rings (SSSR count). The lowest BCUT2D eigenvalue weighted by Crippen LogP contribution is -2.48. The maximum atomic E-state index is 14.1. The number of thioether (sulfide) groups is 1. The molecule has 3 aromatic carbocycles. The highest BCUT2D eigenvalue weighted by Crippen LogP contribution is 2.47. The number of nitrogens with zero attached hydrogens (tertiary/aromatic N) is 2. The Bertz CT molecular complexity index is 1320. The number of para-hydroxylation sites is 1. The summed E-state index contributed by atoms with van der Waals surface area (Å²) in [6.07, 6.45) is -0.271. The average molecular weight is 588 g/mol. The minimum atomic E-state index is -0.990. The van der Waals surface area contributed by atoms with Crippen LogP contribution >= 0.6 is 35.0 Å². The van der Waals surface area contributed by atoms with Crippen LogP contribution in [0.5, 0.6) is 5.75 Å². The van der Waals surface area contributed by atoms with E-state index >= 15 is 0 Å². The first-order chi connectivity index (χ1) is 18.7. The van der Waals surface area contributed by atoms with Crippen molar-refractivity contribution < 1.29 is 19.1 Å². The van der Waals surface area contributed by atoms with Crippen LogP contribution in [-0.2, 0) is 20.7 Å². The maximum absolute atomic E-state index is 14.1. The molecule has 1 aliphatic heterocycles. The Labute approximate surface area is 244 Å². The first kappa shape index (κ1) is 29.3. The van der Waals surface area contributed by atoms with Crippen molar-refractivity contribution in [3.8, 4) is 5.75 Å². The Kier molecular flexibility index (Phi) is 9.83. The Morgan fingerprint density at radius 3 is 2.49 bits per heavy atom. The first-order valence-corrected chi connectivity index (χ1v) is 14.3. The molecule has 9 heteroatoms. The van der Waals surface area contributed by atoms with Crippen LogP contribution < -0.4 is 9.64 Å². The molecule has 1 amide bonds. The van der Waals surface area contributed by atoms with Crippen molar-refractivity contribution in [2.24, 2.45) is 0 Å². The zero-order valence-electron chi connectivity index (χ0n) is 22.4. The molecule has 0 N–H and O–H groups in total. The first-order valence-electron chi connectivity index (χ1n) is 12.7. The molecule has 1 unspecified atom stereocenters. The van der Waals surface area contributed by atoms with Crippen LogP contribution in [-0.4, -0.2) is 56.2 Å². The molecular formula is C30H32Cl2N2O4S. The number of fused-ring (bicyclic) bond motifs is 1. The van der Waals surface area contributed by atoms with Gasteiger partial charge in [-0.3, -0.25) is 9.59 Å². The number of anilines is 1. The summed E-state index contributed by atoms with van der Waals surface area (Å²) in [7, 11) is 3.63. The van der Waals surface area contributed by atoms with Gasteiger partial charge in [0.1, 0.15) is 5.75 Å². The molecule has 3 atom stereocenters. The monoisotopic (exact) mass is 586 g/mol. The van der Waals surface area contributed by atoms with Crippen LogP contribution in [0.25, 0.3) is 0 Å². The van der Waals surface area contributed by atoms with Gasteiger partial charge in [-0.05, 0) is 61.9 Å². The fourth-order valence-electron chi connectivity index (χ4n) is 4.56. The molecule has 0 saturated heterocycles. The fourth-order valence-corrected chi connectivity index (χ4v) is 6.29. The molecule has 0 fully saturated rings. The van der Waals surface area contributed by atoms with Crippen LogP contribution in [0, 0.1) is 0 Å². The quantitative estimate of drug-likeness (QED) is 0.261. The number of ether oxygens (including phenoxy) is 2. The highest BCUT2D eigenvalue weighted by atomic mass is 35.5. The second kappa shape index (κ2) is 13.1. The second-order valence-electron chi connectivity index (χ2n) is 9.55. The normalized spacial score (nSPS) is 17.9. The standard InChI is InChI=1S/C30H32Cl2N2O4S/c1-19(33(3)17-16-21-8-7-9-24(31)27(21)32)18-34-25-10-5-6-11-26(25)39-29(28(30(34)36)38-20(2)35)22-12-14-23(37-4)15-13-22/h5-15,19,28-29H,16-18H2,1-4H3/t19?,28-,29+/m1/s1. The van der Waals surface area contributed by atoms with Crippen LogP contribution in [0.4, 0.5) is 5.69 Å². The van der Waals surface area contributed by atoms with E-state index in [0.717, 1.165) is 34.7 Å². The van der Waals surface area contributed by atoms with Crippen molar-refractivity contribution in [2.45, 2.75) is 42.6 Å². The van der Waals surface area contributed by atoms with Crippen LogP contribution in [0.3, 0.4) is 0 Å². The van der Waals surface area contributed by atoms with Gasteiger partial charge in [-0.25, -0.2) is 0 Å². The molecule has 1 heterocycles. The van der Waals surface area contributed by atoms with Crippen LogP contribution in [0.2, 0.25) is 10.0 Å². The molecule has 3 aromatic rings. The molecular weight excluding hydrogens is 555 g/mol. The summed E-state index contributed by atoms with van der Waals surface area (Å²) in [5.41, 5.74) is 2.66. The van der Waals surface area contributed by atoms with Gasteiger partial charge in [0, 0.05) is 31.0 Å². The lowest BCUT2D eigenvalue weighted by molar-refractivity contribution is -0.152. The van der Waals surface area contributed by atoms with Crippen molar-refractivity contribution in [3.05, 3.63) is 87.9 Å². The minimum absolute atomic E-state index is 0.000445. The van der Waals surface area contributed by atoms with E-state index in [9.17, 15) is 9.59 Å². The summed E-state index contributed by atoms with van der Waals surface area (Å²) >= 11 is 14.1. The molecule has 206 valence electrons. The number of esters is 1. The van der Waals surface area contributed by atoms with Gasteiger partial charge in [-0.1, -0.05) is 59.6 Å². The van der Waals surface area contributed by atoms with Gasteiger partial charge in [-0.15, -0.1) is 11.8 Å². The number of rotatable bonds is 9. The molecule has 0 spiro atoms. The fraction of sp³-hybridized carbons (Fsp3) is 0.333. The molecule has 0 saturated carbocycles. The molecule has 0 aliphatic carbocycles. The smallest absolute Gasteiger partial charge is 0.303 e. The minimum Gasteiger partial charge on any atom is -0.497 e. The topological polar surface area (TPSA) is 59.1 Å². The number of benzene rings is 3. The number of likely N-dealkylation sites (N-methyl/N-ethyl adjacent to an activating group) is 1. The van der Waals surface area contributed by atoms with Crippen molar-refractivity contribution in [3.63, 3.8) is 0 Å². The molecule has 39 heavy (non-hydrogen) atoms. The maximum Gasteiger partial charge on any atom is 0.303 e. The van der Waals surface area contributed by atoms with E-state index in [1.165, 1.54) is 18.7 Å². The predicted octanol–water partition coefficient (Wildman–Crippen LogP) is 6.68. The lowest BCUT2D eigenvalue weighted by Gasteiger charge is -2.33. The number of halogens is 2. The Morgan fingerprint density at radius 1 is 1.08 bits per heavy atom. The predicted molar refractivity (Wildman–Crippen MR) is 158 cm³/mol. The van der Waals surface area contributed by atoms with Gasteiger partial charge in [0.25, 0.3) is 5.91 Å². The van der Waals surface area contributed by atoms with E-state index in [0.29, 0.717) is 22.3 Å². The molecule has 0 bridgehead atoms. The van der Waals surface area contributed by atoms with Crippen molar-refractivity contribution in [1.82, 2.24) is 4.90 Å². The Morgan fingerprint density at radius 2 is 1.79 bits per heavy atom. The van der Waals surface area contributed by atoms with E-state index < -0.39 is 17.3 Å². The number of carbonyl (C=O) groups excluding carboxylic acids is 2. The van der Waals surface area contributed by atoms with Crippen LogP contribution in [0.15, 0.2) is 71.6 Å². The van der Waals surface area contributed by atoms with E-state index in [1.807, 2.05) is 67.7 Å². The average Bonchev–Trinajstić information content (AvgIpc) is 3.04. The molecule has 0 aromatic heterocycles. The van der Waals surface area contributed by atoms with E-state index in [2.05, 4.69) is 11.8 Å². The van der Waals surface area contributed by atoms with Gasteiger partial charge in [-0.2, -0.15) is 0 Å². The Balaban J connectivity index is 1.60. The summed E-state index contributed by atoms with van der Waals surface area (Å²) < 4.78 is 11.0. The number of carbonyl (C=O) groups is 2. The summed E-state index contributed by atoms with van der Waals surface area (Å²) in [5, 5.41) is 0.691. The number of amides is 1. The molecule has 1 aliphatic rings. The van der Waals surface area contributed by atoms with E-state index in [4.69, 9.17) is 32.7 Å². The summed E-state index contributed by atoms with van der Waals surface area (Å²) in [4.78, 5) is 31.2. The van der Waals surface area contributed by atoms with Gasteiger partial charge >= 0.3 is 5.97 Å². The van der Waals surface area contributed by atoms with Crippen molar-refractivity contribution in [1.29, 1.82) is 0 Å². The van der Waals surface area contributed by atoms with Crippen molar-refractivity contribution >= 4 is 52.5 Å². The van der Waals surface area contributed by atoms with Crippen molar-refractivity contribution in [2.75, 3.05) is 32.1 Å². The third-order valence-electron chi connectivity index (χ3n) is 6.90. The van der Waals surface area contributed by atoms with Gasteiger partial charge in [0.05, 0.1) is 28.1 Å². The summed E-state index contributed by atoms with van der Waals surface area (Å²) in [6, 6.07) is 21.0. The third kappa shape index (κ3) is 6.90. The van der Waals surface area contributed by atoms with Crippen LogP contribution in [0.1, 0.15) is 30.2 Å². The number of methoxy groups -OCH3 is 1. The van der Waals surface area contributed by atoms with E-state index in [1.54, 1.807) is 18.1 Å². The largest absolute Gasteiger partial charge is 0.497 e. The zero-order chi connectivity index (χ0) is 28.1. The molecule has 6 nitrogen and oxygen atoms in total. The van der Waals surface area contributed by atoms with Gasteiger partial charge in [0.15, 0.2) is 6.10 Å². The highest BCUT2D eigenvalue weighted by molar-refractivity contribution is 7.99. The highest BCUT2D eigenvalue weighted by Gasteiger charge is 2.41. The zero-order valence-corrected chi connectivity index (χ0v) is 24.7. The number of hydrogen-bond donors (Lipinski definition) is 0. The van der Waals surface area contributed by atoms with Gasteiger partial charge in [0.2, 0.25) is 0 Å². The summed E-state index contributed by atoms with van der Waals surface area (Å²) in [6.45, 7) is 4.56. The lowest BCUT2D eigenvalue weighted by atomic mass is 10.0. The third-order valence-corrected chi connectivity index (χ3v) is 9.13. The Hall–Kier alpha value is -2.71. The van der Waals surface area contributed by atoms with Gasteiger partial charge < -0.3 is 19.3 Å². The molecule has 0 radical (unpaired) electrons. The number of hydrogen-bond acceptors (Lipinski definition) is 6.